The number of primary amides is 1. The Balaban J connectivity index is 2.17. The lowest BCUT2D eigenvalue weighted by molar-refractivity contribution is -0.129. The highest BCUT2D eigenvalue weighted by molar-refractivity contribution is 5.81. The number of carbonyl (C=O) groups excluding carboxylic acids is 1. The van der Waals surface area contributed by atoms with Crippen molar-refractivity contribution in [2.24, 2.45) is 11.1 Å². The summed E-state index contributed by atoms with van der Waals surface area (Å²) in [6.45, 7) is 1.74. The molecular formula is C12H17N3O. The van der Waals surface area contributed by atoms with Crippen molar-refractivity contribution in [1.29, 1.82) is 0 Å². The second-order valence-corrected chi connectivity index (χ2v) is 4.43. The van der Waals surface area contributed by atoms with Gasteiger partial charge in [0.15, 0.2) is 0 Å². The van der Waals surface area contributed by atoms with E-state index in [0.717, 1.165) is 37.9 Å². The average Bonchev–Trinajstić information content (AvgIpc) is 2.31. The van der Waals surface area contributed by atoms with Gasteiger partial charge in [0.05, 0.1) is 5.41 Å². The van der Waals surface area contributed by atoms with Crippen LogP contribution in [0.5, 0.6) is 0 Å². The lowest BCUT2D eigenvalue weighted by atomic mass is 9.74. The summed E-state index contributed by atoms with van der Waals surface area (Å²) in [5.74, 6) is -0.175. The second-order valence-electron chi connectivity index (χ2n) is 4.43. The van der Waals surface area contributed by atoms with E-state index in [1.807, 2.05) is 12.1 Å². The molecule has 2 heterocycles. The highest BCUT2D eigenvalue weighted by Gasteiger charge is 2.37. The third-order valence-corrected chi connectivity index (χ3v) is 3.38. The Morgan fingerprint density at radius 3 is 2.56 bits per heavy atom. The van der Waals surface area contributed by atoms with Crippen LogP contribution in [0.1, 0.15) is 18.4 Å². The standard InChI is InChI=1S/C12H17N3O/c13-11(16)12(3-7-15-8-4-12)9-10-1-5-14-6-2-10/h1-2,5-6,15H,3-4,7-9H2,(H2,13,16). The van der Waals surface area contributed by atoms with Crippen LogP contribution < -0.4 is 11.1 Å². The van der Waals surface area contributed by atoms with Crippen molar-refractivity contribution in [3.05, 3.63) is 30.1 Å². The molecule has 0 saturated carbocycles. The monoisotopic (exact) mass is 219 g/mol. The third kappa shape index (κ3) is 2.22. The number of rotatable bonds is 3. The number of carbonyl (C=O) groups is 1. The lowest BCUT2D eigenvalue weighted by Gasteiger charge is -2.34. The number of pyridine rings is 1. The Morgan fingerprint density at radius 2 is 2.00 bits per heavy atom. The summed E-state index contributed by atoms with van der Waals surface area (Å²) < 4.78 is 0. The van der Waals surface area contributed by atoms with Crippen molar-refractivity contribution in [2.75, 3.05) is 13.1 Å². The van der Waals surface area contributed by atoms with Crippen LogP contribution in [-0.4, -0.2) is 24.0 Å². The van der Waals surface area contributed by atoms with Gasteiger partial charge in [0, 0.05) is 12.4 Å². The number of hydrogen-bond acceptors (Lipinski definition) is 3. The van der Waals surface area contributed by atoms with Gasteiger partial charge in [0.1, 0.15) is 0 Å². The van der Waals surface area contributed by atoms with Crippen molar-refractivity contribution in [2.45, 2.75) is 19.3 Å². The minimum absolute atomic E-state index is 0.175. The van der Waals surface area contributed by atoms with Gasteiger partial charge in [-0.2, -0.15) is 0 Å². The Hall–Kier alpha value is -1.42. The van der Waals surface area contributed by atoms with Crippen LogP contribution in [0.4, 0.5) is 0 Å². The molecule has 0 aliphatic carbocycles. The predicted molar refractivity (Wildman–Crippen MR) is 61.7 cm³/mol. The Bertz CT molecular complexity index is 358. The van der Waals surface area contributed by atoms with Crippen LogP contribution in [0.3, 0.4) is 0 Å². The molecule has 0 radical (unpaired) electrons. The Morgan fingerprint density at radius 1 is 1.38 bits per heavy atom. The zero-order chi connectivity index (χ0) is 11.4. The maximum atomic E-state index is 11.7. The van der Waals surface area contributed by atoms with Gasteiger partial charge in [-0.15, -0.1) is 0 Å². The van der Waals surface area contributed by atoms with Gasteiger partial charge in [0.2, 0.25) is 5.91 Å². The van der Waals surface area contributed by atoms with Crippen LogP contribution >= 0.6 is 0 Å². The van der Waals surface area contributed by atoms with Crippen LogP contribution in [-0.2, 0) is 11.2 Å². The number of amides is 1. The molecule has 1 aliphatic heterocycles. The van der Waals surface area contributed by atoms with Crippen molar-refractivity contribution < 1.29 is 4.79 Å². The number of nitrogens with two attached hydrogens (primary N) is 1. The van der Waals surface area contributed by atoms with Gasteiger partial charge < -0.3 is 11.1 Å². The first kappa shape index (κ1) is 11.1. The van der Waals surface area contributed by atoms with Gasteiger partial charge in [-0.25, -0.2) is 0 Å². The van der Waals surface area contributed by atoms with Crippen molar-refractivity contribution in [1.82, 2.24) is 10.3 Å². The largest absolute Gasteiger partial charge is 0.369 e. The molecule has 0 aromatic carbocycles. The number of nitrogens with zero attached hydrogens (tertiary/aromatic N) is 1. The molecule has 1 saturated heterocycles. The van der Waals surface area contributed by atoms with Gasteiger partial charge in [0.25, 0.3) is 0 Å². The fraction of sp³-hybridized carbons (Fsp3) is 0.500. The number of piperidine rings is 1. The fourth-order valence-corrected chi connectivity index (χ4v) is 2.31. The molecule has 2 rings (SSSR count). The van der Waals surface area contributed by atoms with E-state index in [4.69, 9.17) is 5.73 Å². The molecule has 0 spiro atoms. The smallest absolute Gasteiger partial charge is 0.224 e. The summed E-state index contributed by atoms with van der Waals surface area (Å²) in [7, 11) is 0. The number of nitrogens with one attached hydrogen (secondary N) is 1. The van der Waals surface area contributed by atoms with Gasteiger partial charge in [-0.3, -0.25) is 9.78 Å². The van der Waals surface area contributed by atoms with E-state index in [9.17, 15) is 4.79 Å². The van der Waals surface area contributed by atoms with E-state index in [-0.39, 0.29) is 11.3 Å². The van der Waals surface area contributed by atoms with E-state index in [1.165, 1.54) is 0 Å². The van der Waals surface area contributed by atoms with Crippen molar-refractivity contribution in [3.63, 3.8) is 0 Å². The Labute approximate surface area is 95.3 Å². The van der Waals surface area contributed by atoms with Gasteiger partial charge >= 0.3 is 0 Å². The molecule has 4 heteroatoms. The molecule has 16 heavy (non-hydrogen) atoms. The normalized spacial score (nSPS) is 19.2. The van der Waals surface area contributed by atoms with E-state index < -0.39 is 0 Å². The summed E-state index contributed by atoms with van der Waals surface area (Å²) in [6.07, 6.45) is 5.89. The fourth-order valence-electron chi connectivity index (χ4n) is 2.31. The van der Waals surface area contributed by atoms with E-state index in [1.54, 1.807) is 12.4 Å². The molecule has 1 aromatic heterocycles. The molecular weight excluding hydrogens is 202 g/mol. The molecule has 1 aromatic rings. The second kappa shape index (κ2) is 4.61. The quantitative estimate of drug-likeness (QED) is 0.777. The molecule has 0 unspecified atom stereocenters. The average molecular weight is 219 g/mol. The maximum absolute atomic E-state index is 11.7. The summed E-state index contributed by atoms with van der Waals surface area (Å²) in [5, 5.41) is 3.26. The topological polar surface area (TPSA) is 68.0 Å². The van der Waals surface area contributed by atoms with Gasteiger partial charge in [-0.1, -0.05) is 0 Å². The molecule has 0 bridgehead atoms. The molecule has 86 valence electrons. The minimum atomic E-state index is -0.368. The molecule has 4 nitrogen and oxygen atoms in total. The van der Waals surface area contributed by atoms with Crippen molar-refractivity contribution >= 4 is 5.91 Å². The summed E-state index contributed by atoms with van der Waals surface area (Å²) in [6, 6.07) is 3.90. The van der Waals surface area contributed by atoms with E-state index in [0.29, 0.717) is 0 Å². The number of hydrogen-bond donors (Lipinski definition) is 2. The van der Waals surface area contributed by atoms with Crippen LogP contribution in [0.15, 0.2) is 24.5 Å². The Kier molecular flexibility index (Phi) is 3.19. The van der Waals surface area contributed by atoms with Gasteiger partial charge in [-0.05, 0) is 50.0 Å². The molecule has 0 atom stereocenters. The maximum Gasteiger partial charge on any atom is 0.224 e. The lowest BCUT2D eigenvalue weighted by Crippen LogP contribution is -2.46. The molecule has 1 aliphatic rings. The first-order chi connectivity index (χ1) is 7.73. The van der Waals surface area contributed by atoms with E-state index >= 15 is 0 Å². The van der Waals surface area contributed by atoms with Crippen molar-refractivity contribution in [3.8, 4) is 0 Å². The molecule has 1 fully saturated rings. The SMILES string of the molecule is NC(=O)C1(Cc2ccncc2)CCNCC1. The third-order valence-electron chi connectivity index (χ3n) is 3.38. The summed E-state index contributed by atoms with van der Waals surface area (Å²) in [4.78, 5) is 15.6. The van der Waals surface area contributed by atoms with Crippen LogP contribution in [0, 0.1) is 5.41 Å². The van der Waals surface area contributed by atoms with E-state index in [2.05, 4.69) is 10.3 Å². The highest BCUT2D eigenvalue weighted by Crippen LogP contribution is 2.32. The molecule has 1 amide bonds. The summed E-state index contributed by atoms with van der Waals surface area (Å²) >= 11 is 0. The molecule has 3 N–H and O–H groups in total. The highest BCUT2D eigenvalue weighted by atomic mass is 16.1. The first-order valence-electron chi connectivity index (χ1n) is 5.62. The first-order valence-corrected chi connectivity index (χ1v) is 5.62. The predicted octanol–water partition coefficient (Wildman–Crippen LogP) is 0.479. The minimum Gasteiger partial charge on any atom is -0.369 e. The zero-order valence-corrected chi connectivity index (χ0v) is 9.28. The summed E-state index contributed by atoms with van der Waals surface area (Å²) in [5.41, 5.74) is 6.33. The van der Waals surface area contributed by atoms with Crippen LogP contribution in [0.25, 0.3) is 0 Å². The number of aromatic nitrogens is 1. The van der Waals surface area contributed by atoms with Crippen LogP contribution in [0.2, 0.25) is 0 Å². The zero-order valence-electron chi connectivity index (χ0n) is 9.28.